The molecule has 0 saturated carbocycles. The van der Waals surface area contributed by atoms with Gasteiger partial charge in [0.25, 0.3) is 12.1 Å². The van der Waals surface area contributed by atoms with Gasteiger partial charge in [-0.15, -0.1) is 0 Å². The van der Waals surface area contributed by atoms with Gasteiger partial charge in [0.05, 0.1) is 17.0 Å². The molecule has 162 valence electrons. The highest BCUT2D eigenvalue weighted by Gasteiger charge is 2.35. The van der Waals surface area contributed by atoms with Gasteiger partial charge in [0.15, 0.2) is 0 Å². The predicted octanol–water partition coefficient (Wildman–Crippen LogP) is 4.33. The molecule has 2 rings (SSSR count). The van der Waals surface area contributed by atoms with Gasteiger partial charge >= 0.3 is 6.18 Å². The number of piperidine rings is 1. The van der Waals surface area contributed by atoms with Crippen LogP contribution < -0.4 is 4.90 Å². The number of anilines is 1. The molecule has 6 nitrogen and oxygen atoms in total. The van der Waals surface area contributed by atoms with Gasteiger partial charge in [-0.3, -0.25) is 14.9 Å². The van der Waals surface area contributed by atoms with E-state index in [2.05, 4.69) is 0 Å². The quantitative estimate of drug-likeness (QED) is 0.372. The molecule has 0 unspecified atom stereocenters. The van der Waals surface area contributed by atoms with Crippen LogP contribution >= 0.6 is 0 Å². The maximum absolute atomic E-state index is 12.8. The highest BCUT2D eigenvalue weighted by molar-refractivity contribution is 5.79. The van der Waals surface area contributed by atoms with Crippen molar-refractivity contribution in [2.24, 2.45) is 5.92 Å². The first-order chi connectivity index (χ1) is 13.5. The largest absolute Gasteiger partial charge is 0.416 e. The van der Waals surface area contributed by atoms with Crippen molar-refractivity contribution in [3.05, 3.63) is 33.9 Å². The van der Waals surface area contributed by atoms with Gasteiger partial charge in [-0.2, -0.15) is 13.2 Å². The van der Waals surface area contributed by atoms with Crippen LogP contribution in [0.3, 0.4) is 0 Å². The Morgan fingerprint density at radius 1 is 1.31 bits per heavy atom. The van der Waals surface area contributed by atoms with E-state index >= 15 is 0 Å². The molecule has 0 aromatic heterocycles. The van der Waals surface area contributed by atoms with E-state index < -0.39 is 41.2 Å². The molecule has 1 fully saturated rings. The molecule has 1 aromatic carbocycles. The van der Waals surface area contributed by atoms with E-state index in [9.17, 15) is 36.9 Å². The van der Waals surface area contributed by atoms with Gasteiger partial charge in [-0.05, 0) is 31.4 Å². The van der Waals surface area contributed by atoms with Crippen LogP contribution in [-0.2, 0) is 11.0 Å². The van der Waals surface area contributed by atoms with Crippen molar-refractivity contribution in [3.8, 4) is 0 Å². The second-order valence-electron chi connectivity index (χ2n) is 6.90. The summed E-state index contributed by atoms with van der Waals surface area (Å²) in [6.45, 7) is 1.76. The number of alkyl halides is 5. The van der Waals surface area contributed by atoms with Gasteiger partial charge in [-0.1, -0.05) is 6.92 Å². The minimum atomic E-state index is -4.70. The maximum Gasteiger partial charge on any atom is 0.416 e. The summed E-state index contributed by atoms with van der Waals surface area (Å²) in [6.07, 6.45) is -6.24. The molecule has 1 heterocycles. The molecule has 0 atom stereocenters. The van der Waals surface area contributed by atoms with Gasteiger partial charge < -0.3 is 9.80 Å². The normalized spacial score (nSPS) is 15.6. The van der Waals surface area contributed by atoms with Gasteiger partial charge in [0, 0.05) is 31.6 Å². The van der Waals surface area contributed by atoms with Crippen LogP contribution in [0.1, 0.15) is 31.7 Å². The van der Waals surface area contributed by atoms with E-state index in [-0.39, 0.29) is 44.1 Å². The second-order valence-corrected chi connectivity index (χ2v) is 6.90. The molecule has 1 amide bonds. The predicted molar refractivity (Wildman–Crippen MR) is 95.9 cm³/mol. The number of hydrogen-bond donors (Lipinski definition) is 0. The summed E-state index contributed by atoms with van der Waals surface area (Å²) in [5.74, 6) is -0.876. The van der Waals surface area contributed by atoms with Crippen molar-refractivity contribution in [1.29, 1.82) is 0 Å². The van der Waals surface area contributed by atoms with Crippen LogP contribution in [0.5, 0.6) is 0 Å². The first kappa shape index (κ1) is 22.8. The summed E-state index contributed by atoms with van der Waals surface area (Å²) in [5, 5.41) is 11.3. The van der Waals surface area contributed by atoms with Crippen LogP contribution in [-0.4, -0.2) is 48.3 Å². The van der Waals surface area contributed by atoms with Crippen LogP contribution in [0.2, 0.25) is 0 Å². The number of amides is 1. The zero-order valence-corrected chi connectivity index (χ0v) is 15.8. The summed E-state index contributed by atoms with van der Waals surface area (Å²) in [7, 11) is 0. The molecule has 0 bridgehead atoms. The molecule has 0 N–H and O–H groups in total. The highest BCUT2D eigenvalue weighted by Crippen LogP contribution is 2.37. The number of benzene rings is 1. The number of nitrogens with zero attached hydrogens (tertiary/aromatic N) is 3. The standard InChI is InChI=1S/C18H22F5N3O3/c1-2-7-25(11-16(19)20)17(27)12-5-8-24(9-6-12)14-4-3-13(18(21,22)23)10-15(14)26(28)29/h3-4,10,12,16H,2,5-9,11H2,1H3. The van der Waals surface area contributed by atoms with Crippen molar-refractivity contribution >= 4 is 17.3 Å². The Morgan fingerprint density at radius 2 is 1.93 bits per heavy atom. The summed E-state index contributed by atoms with van der Waals surface area (Å²) >= 11 is 0. The SMILES string of the molecule is CCCN(CC(F)F)C(=O)C1CCN(c2ccc(C(F)(F)F)cc2[N+](=O)[O-])CC1. The molecular formula is C18H22F5N3O3. The Bertz CT molecular complexity index is 734. The second kappa shape index (κ2) is 9.36. The van der Waals surface area contributed by atoms with E-state index in [1.807, 2.05) is 0 Å². The number of nitro benzene ring substituents is 1. The van der Waals surface area contributed by atoms with Gasteiger partial charge in [-0.25, -0.2) is 8.78 Å². The summed E-state index contributed by atoms with van der Waals surface area (Å²) in [4.78, 5) is 25.6. The van der Waals surface area contributed by atoms with E-state index in [4.69, 9.17) is 0 Å². The molecule has 11 heteroatoms. The lowest BCUT2D eigenvalue weighted by molar-refractivity contribution is -0.384. The Morgan fingerprint density at radius 3 is 2.41 bits per heavy atom. The Kier molecular flexibility index (Phi) is 7.37. The highest BCUT2D eigenvalue weighted by atomic mass is 19.4. The molecule has 1 saturated heterocycles. The molecule has 0 spiro atoms. The van der Waals surface area contributed by atoms with E-state index in [1.54, 1.807) is 11.8 Å². The zero-order valence-electron chi connectivity index (χ0n) is 15.8. The van der Waals surface area contributed by atoms with Crippen LogP contribution in [0.15, 0.2) is 18.2 Å². The molecule has 0 radical (unpaired) electrons. The Balaban J connectivity index is 2.12. The number of halogens is 5. The number of nitro groups is 1. The third kappa shape index (κ3) is 5.77. The number of carbonyl (C=O) groups excluding carboxylic acids is 1. The third-order valence-corrected chi connectivity index (χ3v) is 4.85. The van der Waals surface area contributed by atoms with Crippen molar-refractivity contribution in [2.75, 3.05) is 31.1 Å². The van der Waals surface area contributed by atoms with E-state index in [0.717, 1.165) is 17.0 Å². The fraction of sp³-hybridized carbons (Fsp3) is 0.611. The number of rotatable bonds is 7. The van der Waals surface area contributed by atoms with Crippen molar-refractivity contribution in [2.45, 2.75) is 38.8 Å². The van der Waals surface area contributed by atoms with E-state index in [1.165, 1.54) is 0 Å². The minimum absolute atomic E-state index is 0.0480. The summed E-state index contributed by atoms with van der Waals surface area (Å²) < 4.78 is 63.9. The lowest BCUT2D eigenvalue weighted by Crippen LogP contribution is -2.44. The molecule has 29 heavy (non-hydrogen) atoms. The summed E-state index contributed by atoms with van der Waals surface area (Å²) in [6, 6.07) is 2.34. The first-order valence-electron chi connectivity index (χ1n) is 9.22. The minimum Gasteiger partial charge on any atom is -0.366 e. The zero-order chi connectivity index (χ0) is 21.8. The molecule has 0 aliphatic carbocycles. The van der Waals surface area contributed by atoms with Gasteiger partial charge in [0.2, 0.25) is 5.91 Å². The monoisotopic (exact) mass is 423 g/mol. The molecule has 1 aromatic rings. The first-order valence-corrected chi connectivity index (χ1v) is 9.22. The van der Waals surface area contributed by atoms with Crippen LogP contribution in [0.25, 0.3) is 0 Å². The Labute approximate surface area is 164 Å². The summed E-state index contributed by atoms with van der Waals surface area (Å²) in [5.41, 5.74) is -1.72. The lowest BCUT2D eigenvalue weighted by Gasteiger charge is -2.35. The molecular weight excluding hydrogens is 401 g/mol. The molecule has 1 aliphatic rings. The number of hydrogen-bond acceptors (Lipinski definition) is 4. The average molecular weight is 423 g/mol. The van der Waals surface area contributed by atoms with Crippen LogP contribution in [0.4, 0.5) is 33.3 Å². The van der Waals surface area contributed by atoms with Crippen molar-refractivity contribution < 1.29 is 31.7 Å². The van der Waals surface area contributed by atoms with Crippen LogP contribution in [0, 0.1) is 16.0 Å². The fourth-order valence-corrected chi connectivity index (χ4v) is 3.47. The fourth-order valence-electron chi connectivity index (χ4n) is 3.47. The van der Waals surface area contributed by atoms with Gasteiger partial charge in [0.1, 0.15) is 5.69 Å². The maximum atomic E-state index is 12.8. The lowest BCUT2D eigenvalue weighted by atomic mass is 9.94. The smallest absolute Gasteiger partial charge is 0.366 e. The van der Waals surface area contributed by atoms with Crippen molar-refractivity contribution in [3.63, 3.8) is 0 Å². The van der Waals surface area contributed by atoms with E-state index in [0.29, 0.717) is 12.5 Å². The topological polar surface area (TPSA) is 66.7 Å². The Hall–Kier alpha value is -2.46. The number of carbonyl (C=O) groups is 1. The molecule has 1 aliphatic heterocycles. The van der Waals surface area contributed by atoms with Crippen molar-refractivity contribution in [1.82, 2.24) is 4.90 Å². The third-order valence-electron chi connectivity index (χ3n) is 4.85. The average Bonchev–Trinajstić information content (AvgIpc) is 2.65.